The van der Waals surface area contributed by atoms with Crippen LogP contribution in [0.5, 0.6) is 0 Å². The Labute approximate surface area is 92.9 Å². The fourth-order valence-electron chi connectivity index (χ4n) is 1.57. The van der Waals surface area contributed by atoms with Crippen LogP contribution < -0.4 is 5.73 Å². The Kier molecular flexibility index (Phi) is 2.68. The second-order valence-electron chi connectivity index (χ2n) is 3.07. The first-order chi connectivity index (χ1) is 7.86. The maximum Gasteiger partial charge on any atom is 0.182 e. The van der Waals surface area contributed by atoms with Gasteiger partial charge in [0.25, 0.3) is 0 Å². The molecule has 0 saturated heterocycles. The van der Waals surface area contributed by atoms with E-state index in [9.17, 15) is 0 Å². The molecule has 0 bridgehead atoms. The van der Waals surface area contributed by atoms with Crippen LogP contribution in [0.3, 0.4) is 0 Å². The molecule has 82 valence electrons. The average Bonchev–Trinajstić information content (AvgIpc) is 2.80. The number of fused-ring (bicyclic) bond motifs is 3. The van der Waals surface area contributed by atoms with Gasteiger partial charge in [-0.2, -0.15) is 4.52 Å². The van der Waals surface area contributed by atoms with Gasteiger partial charge in [-0.1, -0.05) is 32.0 Å². The van der Waals surface area contributed by atoms with E-state index in [0.717, 1.165) is 10.9 Å². The van der Waals surface area contributed by atoms with Crippen molar-refractivity contribution in [3.63, 3.8) is 0 Å². The van der Waals surface area contributed by atoms with Crippen molar-refractivity contribution in [2.45, 2.75) is 13.8 Å². The number of benzene rings is 1. The number of nitrogens with zero attached hydrogens (tertiary/aromatic N) is 4. The van der Waals surface area contributed by atoms with E-state index >= 15 is 0 Å². The van der Waals surface area contributed by atoms with Crippen LogP contribution in [0.4, 0.5) is 5.69 Å². The van der Waals surface area contributed by atoms with Crippen molar-refractivity contribution < 1.29 is 0 Å². The second kappa shape index (κ2) is 4.14. The van der Waals surface area contributed by atoms with Crippen LogP contribution in [-0.4, -0.2) is 20.0 Å². The normalized spacial score (nSPS) is 10.1. The summed E-state index contributed by atoms with van der Waals surface area (Å²) < 4.78 is 1.67. The summed E-state index contributed by atoms with van der Waals surface area (Å²) in [7, 11) is 0. The first-order valence-corrected chi connectivity index (χ1v) is 5.21. The van der Waals surface area contributed by atoms with Gasteiger partial charge in [-0.05, 0) is 16.5 Å². The molecule has 0 aliphatic heterocycles. The van der Waals surface area contributed by atoms with Crippen LogP contribution in [0, 0.1) is 0 Å². The van der Waals surface area contributed by atoms with Crippen LogP contribution in [0.25, 0.3) is 16.6 Å². The summed E-state index contributed by atoms with van der Waals surface area (Å²) >= 11 is 0. The molecule has 3 rings (SSSR count). The van der Waals surface area contributed by atoms with Crippen LogP contribution in [0.15, 0.2) is 30.3 Å². The van der Waals surface area contributed by atoms with Crippen LogP contribution in [0.1, 0.15) is 13.8 Å². The standard InChI is InChI=1S/C9H7N5.C2H6/c10-7-5-9-11-12-13-14(9)8-4-2-1-3-6(7)8;1-2/h1-5H,10H2;1-2H3. The highest BCUT2D eigenvalue weighted by molar-refractivity contribution is 5.92. The average molecular weight is 215 g/mol. The fourth-order valence-corrected chi connectivity index (χ4v) is 1.57. The molecule has 2 heterocycles. The minimum Gasteiger partial charge on any atom is -0.398 e. The first-order valence-electron chi connectivity index (χ1n) is 5.21. The lowest BCUT2D eigenvalue weighted by molar-refractivity contribution is 0.842. The molecule has 0 amide bonds. The van der Waals surface area contributed by atoms with Gasteiger partial charge in [0.05, 0.1) is 5.52 Å². The summed E-state index contributed by atoms with van der Waals surface area (Å²) in [6, 6.07) is 9.53. The maximum atomic E-state index is 5.87. The largest absolute Gasteiger partial charge is 0.398 e. The number of nitrogen functional groups attached to an aromatic ring is 1. The van der Waals surface area contributed by atoms with Crippen molar-refractivity contribution >= 4 is 22.2 Å². The summed E-state index contributed by atoms with van der Waals surface area (Å²) in [5.41, 5.74) is 8.16. The van der Waals surface area contributed by atoms with E-state index in [-0.39, 0.29) is 0 Å². The van der Waals surface area contributed by atoms with Crippen LogP contribution in [-0.2, 0) is 0 Å². The van der Waals surface area contributed by atoms with E-state index in [4.69, 9.17) is 5.73 Å². The summed E-state index contributed by atoms with van der Waals surface area (Å²) in [6.07, 6.45) is 0. The smallest absolute Gasteiger partial charge is 0.182 e. The van der Waals surface area contributed by atoms with Gasteiger partial charge in [0.15, 0.2) is 5.65 Å². The summed E-state index contributed by atoms with van der Waals surface area (Å²) in [6.45, 7) is 4.00. The third-order valence-corrected chi connectivity index (χ3v) is 2.22. The fraction of sp³-hybridized carbons (Fsp3) is 0.182. The Morgan fingerprint density at radius 2 is 1.94 bits per heavy atom. The van der Waals surface area contributed by atoms with E-state index in [1.54, 1.807) is 10.6 Å². The molecule has 0 atom stereocenters. The molecule has 1 aromatic carbocycles. The number of para-hydroxylation sites is 1. The second-order valence-corrected chi connectivity index (χ2v) is 3.07. The maximum absolute atomic E-state index is 5.87. The molecule has 0 radical (unpaired) electrons. The predicted molar refractivity (Wildman–Crippen MR) is 64.0 cm³/mol. The zero-order chi connectivity index (χ0) is 11.5. The number of tetrazole rings is 1. The molecule has 2 aromatic heterocycles. The third-order valence-electron chi connectivity index (χ3n) is 2.22. The Balaban J connectivity index is 0.000000457. The van der Waals surface area contributed by atoms with Gasteiger partial charge in [0.2, 0.25) is 0 Å². The molecule has 2 N–H and O–H groups in total. The van der Waals surface area contributed by atoms with E-state index in [1.807, 2.05) is 38.1 Å². The first kappa shape index (κ1) is 10.4. The molecule has 3 aromatic rings. The highest BCUT2D eigenvalue weighted by Gasteiger charge is 2.04. The predicted octanol–water partition coefficient (Wildman–Crippen LogP) is 1.89. The van der Waals surface area contributed by atoms with Crippen molar-refractivity contribution in [3.8, 4) is 0 Å². The summed E-state index contributed by atoms with van der Waals surface area (Å²) in [5, 5.41) is 12.3. The molecule has 0 aliphatic carbocycles. The van der Waals surface area contributed by atoms with Gasteiger partial charge in [0.1, 0.15) is 0 Å². The van der Waals surface area contributed by atoms with Crippen molar-refractivity contribution in [2.24, 2.45) is 0 Å². The van der Waals surface area contributed by atoms with Gasteiger partial charge >= 0.3 is 0 Å². The Hall–Kier alpha value is -2.17. The van der Waals surface area contributed by atoms with Crippen molar-refractivity contribution in [1.82, 2.24) is 20.0 Å². The lowest BCUT2D eigenvalue weighted by atomic mass is 10.2. The molecule has 0 unspecified atom stereocenters. The SMILES string of the molecule is CC.Nc1cc2nnnn2c2ccccc12. The molecule has 5 heteroatoms. The van der Waals surface area contributed by atoms with E-state index in [2.05, 4.69) is 15.5 Å². The van der Waals surface area contributed by atoms with E-state index < -0.39 is 0 Å². The molecule has 5 nitrogen and oxygen atoms in total. The van der Waals surface area contributed by atoms with E-state index in [0.29, 0.717) is 11.3 Å². The highest BCUT2D eigenvalue weighted by Crippen LogP contribution is 2.21. The number of pyridine rings is 1. The molecule has 0 fully saturated rings. The lowest BCUT2D eigenvalue weighted by Crippen LogP contribution is -1.95. The molecule has 0 aliphatic rings. The van der Waals surface area contributed by atoms with Crippen molar-refractivity contribution in [2.75, 3.05) is 5.73 Å². The number of aromatic nitrogens is 4. The minimum atomic E-state index is 0.668. The zero-order valence-electron chi connectivity index (χ0n) is 9.25. The van der Waals surface area contributed by atoms with Gasteiger partial charge in [-0.3, -0.25) is 0 Å². The number of hydrogen-bond donors (Lipinski definition) is 1. The van der Waals surface area contributed by atoms with Gasteiger partial charge < -0.3 is 5.73 Å². The summed E-state index contributed by atoms with van der Waals surface area (Å²) in [5.74, 6) is 0. The van der Waals surface area contributed by atoms with Gasteiger partial charge in [0, 0.05) is 17.1 Å². The molecular formula is C11H13N5. The van der Waals surface area contributed by atoms with Gasteiger partial charge in [-0.15, -0.1) is 5.10 Å². The summed E-state index contributed by atoms with van der Waals surface area (Å²) in [4.78, 5) is 0. The van der Waals surface area contributed by atoms with E-state index in [1.165, 1.54) is 0 Å². The quantitative estimate of drug-likeness (QED) is 0.621. The van der Waals surface area contributed by atoms with Crippen molar-refractivity contribution in [3.05, 3.63) is 30.3 Å². The third kappa shape index (κ3) is 1.46. The number of nitrogens with two attached hydrogens (primary N) is 1. The van der Waals surface area contributed by atoms with Crippen LogP contribution in [0.2, 0.25) is 0 Å². The Morgan fingerprint density at radius 3 is 2.75 bits per heavy atom. The topological polar surface area (TPSA) is 69.1 Å². The van der Waals surface area contributed by atoms with Crippen molar-refractivity contribution in [1.29, 1.82) is 0 Å². The minimum absolute atomic E-state index is 0.668. The zero-order valence-corrected chi connectivity index (χ0v) is 9.25. The molecule has 16 heavy (non-hydrogen) atoms. The number of anilines is 1. The Morgan fingerprint density at radius 1 is 1.19 bits per heavy atom. The highest BCUT2D eigenvalue weighted by atomic mass is 15.5. The lowest BCUT2D eigenvalue weighted by Gasteiger charge is -2.01. The number of rotatable bonds is 0. The molecule has 0 spiro atoms. The molecular weight excluding hydrogens is 202 g/mol. The van der Waals surface area contributed by atoms with Gasteiger partial charge in [-0.25, -0.2) is 0 Å². The molecule has 0 saturated carbocycles. The number of hydrogen-bond acceptors (Lipinski definition) is 4. The van der Waals surface area contributed by atoms with Crippen LogP contribution >= 0.6 is 0 Å². The Bertz CT molecular complexity index is 614. The monoisotopic (exact) mass is 215 g/mol.